The fraction of sp³-hybridized carbons (Fsp3) is 0.429. The Bertz CT molecular complexity index is 118. The van der Waals surface area contributed by atoms with Crippen LogP contribution in [0, 0.1) is 0 Å². The molecule has 0 aliphatic carbocycles. The number of nitrogens with two attached hydrogens (primary N) is 1. The Balaban J connectivity index is 3.75. The highest BCUT2D eigenvalue weighted by atomic mass is 15.0. The second kappa shape index (κ2) is 4.01. The molecule has 9 heavy (non-hydrogen) atoms. The minimum absolute atomic E-state index is 0.700. The molecule has 0 aliphatic heterocycles. The van der Waals surface area contributed by atoms with Crippen LogP contribution < -0.4 is 11.1 Å². The SMILES string of the molecule is C/C=C(\C)N/C(N)=C/C. The molecule has 0 unspecified atom stereocenters. The van der Waals surface area contributed by atoms with E-state index in [4.69, 9.17) is 5.73 Å². The van der Waals surface area contributed by atoms with Crippen LogP contribution in [0.4, 0.5) is 0 Å². The zero-order chi connectivity index (χ0) is 7.28. The van der Waals surface area contributed by atoms with Crippen molar-refractivity contribution >= 4 is 0 Å². The minimum Gasteiger partial charge on any atom is -0.386 e. The maximum Gasteiger partial charge on any atom is 0.0958 e. The highest BCUT2D eigenvalue weighted by molar-refractivity contribution is 5.04. The summed E-state index contributed by atoms with van der Waals surface area (Å²) in [7, 11) is 0. The molecule has 0 rings (SSSR count). The number of rotatable bonds is 2. The van der Waals surface area contributed by atoms with Gasteiger partial charge in [0.05, 0.1) is 5.82 Å². The third kappa shape index (κ3) is 3.64. The van der Waals surface area contributed by atoms with Crippen molar-refractivity contribution in [3.63, 3.8) is 0 Å². The molecule has 0 saturated carbocycles. The molecular formula is C7H14N2. The van der Waals surface area contributed by atoms with Gasteiger partial charge in [-0.25, -0.2) is 0 Å². The van der Waals surface area contributed by atoms with Gasteiger partial charge in [-0.3, -0.25) is 0 Å². The quantitative estimate of drug-likeness (QED) is 0.585. The van der Waals surface area contributed by atoms with Gasteiger partial charge in [0.15, 0.2) is 0 Å². The maximum absolute atomic E-state index is 5.46. The third-order valence-electron chi connectivity index (χ3n) is 1.09. The van der Waals surface area contributed by atoms with Crippen molar-refractivity contribution in [2.75, 3.05) is 0 Å². The van der Waals surface area contributed by atoms with Crippen molar-refractivity contribution < 1.29 is 0 Å². The van der Waals surface area contributed by atoms with Crippen LogP contribution in [0.2, 0.25) is 0 Å². The van der Waals surface area contributed by atoms with Crippen molar-refractivity contribution in [3.8, 4) is 0 Å². The molecule has 0 heterocycles. The van der Waals surface area contributed by atoms with Crippen LogP contribution in [-0.4, -0.2) is 0 Å². The number of hydrogen-bond donors (Lipinski definition) is 2. The van der Waals surface area contributed by atoms with E-state index in [9.17, 15) is 0 Å². The first-order chi connectivity index (χ1) is 4.20. The molecule has 0 fully saturated rings. The Kier molecular flexibility index (Phi) is 3.60. The summed E-state index contributed by atoms with van der Waals surface area (Å²) in [5.74, 6) is 0.700. The van der Waals surface area contributed by atoms with Gasteiger partial charge in [0.2, 0.25) is 0 Å². The first-order valence-electron chi connectivity index (χ1n) is 3.02. The van der Waals surface area contributed by atoms with E-state index in [2.05, 4.69) is 5.32 Å². The zero-order valence-electron chi connectivity index (χ0n) is 6.23. The van der Waals surface area contributed by atoms with Gasteiger partial charge in [0.1, 0.15) is 0 Å². The Hall–Kier alpha value is -0.920. The molecule has 0 amide bonds. The molecule has 52 valence electrons. The van der Waals surface area contributed by atoms with Crippen LogP contribution in [0.3, 0.4) is 0 Å². The fourth-order valence-corrected chi connectivity index (χ4v) is 0.372. The topological polar surface area (TPSA) is 38.0 Å². The Morgan fingerprint density at radius 3 is 2.22 bits per heavy atom. The van der Waals surface area contributed by atoms with E-state index in [1.807, 2.05) is 32.9 Å². The standard InChI is InChI=1S/C7H14N2/c1-4-6(3)9-7(8)5-2/h4-5,9H,8H2,1-3H3/b6-4+,7-5+. The van der Waals surface area contributed by atoms with E-state index in [-0.39, 0.29) is 0 Å². The van der Waals surface area contributed by atoms with Gasteiger partial charge in [-0.1, -0.05) is 6.08 Å². The third-order valence-corrected chi connectivity index (χ3v) is 1.09. The van der Waals surface area contributed by atoms with Crippen LogP contribution in [0.15, 0.2) is 23.7 Å². The lowest BCUT2D eigenvalue weighted by Crippen LogP contribution is -2.17. The first kappa shape index (κ1) is 8.08. The molecule has 0 aromatic carbocycles. The molecule has 3 N–H and O–H groups in total. The average molecular weight is 126 g/mol. The summed E-state index contributed by atoms with van der Waals surface area (Å²) in [5.41, 5.74) is 6.53. The van der Waals surface area contributed by atoms with Gasteiger partial charge in [0, 0.05) is 5.70 Å². The lowest BCUT2D eigenvalue weighted by Gasteiger charge is -2.03. The summed E-state index contributed by atoms with van der Waals surface area (Å²) in [6.07, 6.45) is 3.80. The van der Waals surface area contributed by atoms with Gasteiger partial charge >= 0.3 is 0 Å². The molecule has 2 nitrogen and oxygen atoms in total. The lowest BCUT2D eigenvalue weighted by molar-refractivity contribution is 0.938. The molecule has 2 heteroatoms. The van der Waals surface area contributed by atoms with Crippen LogP contribution >= 0.6 is 0 Å². The zero-order valence-corrected chi connectivity index (χ0v) is 6.23. The van der Waals surface area contributed by atoms with Gasteiger partial charge in [-0.15, -0.1) is 0 Å². The van der Waals surface area contributed by atoms with Crippen LogP contribution in [0.25, 0.3) is 0 Å². The van der Waals surface area contributed by atoms with E-state index in [0.717, 1.165) is 5.70 Å². The van der Waals surface area contributed by atoms with Crippen molar-refractivity contribution in [3.05, 3.63) is 23.7 Å². The molecule has 0 radical (unpaired) electrons. The van der Waals surface area contributed by atoms with Crippen LogP contribution in [0.1, 0.15) is 20.8 Å². The summed E-state index contributed by atoms with van der Waals surface area (Å²) in [6, 6.07) is 0. The van der Waals surface area contributed by atoms with Crippen LogP contribution in [-0.2, 0) is 0 Å². The summed E-state index contributed by atoms with van der Waals surface area (Å²) in [6.45, 7) is 5.83. The average Bonchev–Trinajstić information content (AvgIpc) is 1.87. The smallest absolute Gasteiger partial charge is 0.0958 e. The molecule has 0 aromatic heterocycles. The minimum atomic E-state index is 0.700. The van der Waals surface area contributed by atoms with E-state index < -0.39 is 0 Å². The van der Waals surface area contributed by atoms with Crippen molar-refractivity contribution in [1.29, 1.82) is 0 Å². The predicted octanol–water partition coefficient (Wildman–Crippen LogP) is 1.32. The summed E-state index contributed by atoms with van der Waals surface area (Å²) in [4.78, 5) is 0. The summed E-state index contributed by atoms with van der Waals surface area (Å²) >= 11 is 0. The van der Waals surface area contributed by atoms with E-state index in [0.29, 0.717) is 5.82 Å². The summed E-state index contributed by atoms with van der Waals surface area (Å²) in [5, 5.41) is 2.98. The van der Waals surface area contributed by atoms with Crippen LogP contribution in [0.5, 0.6) is 0 Å². The second-order valence-corrected chi connectivity index (χ2v) is 1.84. The molecule has 0 spiro atoms. The van der Waals surface area contributed by atoms with Gasteiger partial charge in [0.25, 0.3) is 0 Å². The molecule has 0 bridgehead atoms. The first-order valence-corrected chi connectivity index (χ1v) is 3.02. The summed E-state index contributed by atoms with van der Waals surface area (Å²) < 4.78 is 0. The number of nitrogens with one attached hydrogen (secondary N) is 1. The molecule has 0 saturated heterocycles. The Morgan fingerprint density at radius 1 is 1.33 bits per heavy atom. The van der Waals surface area contributed by atoms with Crippen molar-refractivity contribution in [1.82, 2.24) is 5.32 Å². The number of hydrogen-bond acceptors (Lipinski definition) is 2. The van der Waals surface area contributed by atoms with Crippen molar-refractivity contribution in [2.45, 2.75) is 20.8 Å². The van der Waals surface area contributed by atoms with Gasteiger partial charge < -0.3 is 11.1 Å². The second-order valence-electron chi connectivity index (χ2n) is 1.84. The van der Waals surface area contributed by atoms with E-state index >= 15 is 0 Å². The fourth-order valence-electron chi connectivity index (χ4n) is 0.372. The van der Waals surface area contributed by atoms with E-state index in [1.165, 1.54) is 0 Å². The largest absolute Gasteiger partial charge is 0.386 e. The van der Waals surface area contributed by atoms with Gasteiger partial charge in [-0.2, -0.15) is 0 Å². The monoisotopic (exact) mass is 126 g/mol. The molecule has 0 aromatic rings. The Morgan fingerprint density at radius 2 is 1.89 bits per heavy atom. The lowest BCUT2D eigenvalue weighted by atomic mass is 10.4. The Labute approximate surface area is 56.4 Å². The highest BCUT2D eigenvalue weighted by Crippen LogP contribution is 1.87. The number of allylic oxidation sites excluding steroid dienone is 3. The predicted molar refractivity (Wildman–Crippen MR) is 40.5 cm³/mol. The molecular weight excluding hydrogens is 112 g/mol. The maximum atomic E-state index is 5.46. The van der Waals surface area contributed by atoms with Crippen molar-refractivity contribution in [2.24, 2.45) is 5.73 Å². The molecule has 0 atom stereocenters. The van der Waals surface area contributed by atoms with E-state index in [1.54, 1.807) is 0 Å². The highest BCUT2D eigenvalue weighted by Gasteiger charge is 1.84. The normalized spacial score (nSPS) is 13.7. The van der Waals surface area contributed by atoms with Gasteiger partial charge in [-0.05, 0) is 26.8 Å². The molecule has 0 aliphatic rings.